The molecule has 0 saturated carbocycles. The molecule has 0 saturated heterocycles. The number of hydrogen-bond donors (Lipinski definition) is 0. The van der Waals surface area contributed by atoms with Gasteiger partial charge in [-0.15, -0.1) is 0 Å². The Morgan fingerprint density at radius 2 is 1.72 bits per heavy atom. The molecule has 0 aliphatic rings. The second kappa shape index (κ2) is 7.06. The van der Waals surface area contributed by atoms with Crippen molar-refractivity contribution in [3.05, 3.63) is 76.6 Å². The quantitative estimate of drug-likeness (QED) is 0.282. The summed E-state index contributed by atoms with van der Waals surface area (Å²) >= 11 is 0. The van der Waals surface area contributed by atoms with Crippen molar-refractivity contribution in [1.29, 1.82) is 0 Å². The minimum Gasteiger partial charge on any atom is -0.323 e. The fourth-order valence-corrected chi connectivity index (χ4v) is 4.59. The molecule has 10 heteroatoms. The van der Waals surface area contributed by atoms with Gasteiger partial charge in [-0.05, 0) is 17.7 Å². The van der Waals surface area contributed by atoms with Crippen LogP contribution in [0.25, 0.3) is 22.6 Å². The summed E-state index contributed by atoms with van der Waals surface area (Å²) in [6.07, 6.45) is 1.17. The van der Waals surface area contributed by atoms with Gasteiger partial charge in [-0.3, -0.25) is 10.1 Å². The van der Waals surface area contributed by atoms with E-state index >= 15 is 0 Å². The number of nitrogens with zero attached hydrogens (tertiary/aromatic N) is 5. The van der Waals surface area contributed by atoms with Crippen LogP contribution >= 0.6 is 0 Å². The Morgan fingerprint density at radius 1 is 1.03 bits per heavy atom. The summed E-state index contributed by atoms with van der Waals surface area (Å²) in [7, 11) is -2.09. The molecule has 146 valence electrons. The topological polar surface area (TPSA) is 121 Å². The molecule has 4 aromatic rings. The van der Waals surface area contributed by atoms with Crippen molar-refractivity contribution in [2.24, 2.45) is 7.05 Å². The molecule has 0 amide bonds. The molecule has 4 rings (SSSR count). The van der Waals surface area contributed by atoms with Crippen molar-refractivity contribution in [3.63, 3.8) is 0 Å². The summed E-state index contributed by atoms with van der Waals surface area (Å²) in [6.45, 7) is 0. The van der Waals surface area contributed by atoms with E-state index in [0.29, 0.717) is 17.0 Å². The van der Waals surface area contributed by atoms with E-state index in [4.69, 9.17) is 0 Å². The van der Waals surface area contributed by atoms with Gasteiger partial charge in [0.1, 0.15) is 17.7 Å². The summed E-state index contributed by atoms with van der Waals surface area (Å²) in [4.78, 5) is 22.9. The number of hydrogen-bond acceptors (Lipinski definition) is 7. The lowest BCUT2D eigenvalue weighted by Crippen LogP contribution is -2.10. The molecule has 9 nitrogen and oxygen atoms in total. The van der Waals surface area contributed by atoms with Gasteiger partial charge >= 0.3 is 0 Å². The first-order chi connectivity index (χ1) is 13.9. The monoisotopic (exact) mass is 409 g/mol. The molecule has 0 bridgehead atoms. The van der Waals surface area contributed by atoms with E-state index in [-0.39, 0.29) is 27.6 Å². The summed E-state index contributed by atoms with van der Waals surface area (Å²) in [5, 5.41) is 10.8. The van der Waals surface area contributed by atoms with Gasteiger partial charge in [0.2, 0.25) is 9.84 Å². The van der Waals surface area contributed by atoms with E-state index in [1.807, 2.05) is 6.07 Å². The SMILES string of the molecule is Cn1c(-c2ccc([N+](=O)[O-])cc2)nc2ncnc(S(=O)(=O)Cc3ccccc3)c21. The van der Waals surface area contributed by atoms with Crippen molar-refractivity contribution in [2.75, 3.05) is 0 Å². The molecule has 0 aliphatic carbocycles. The Balaban J connectivity index is 1.82. The molecule has 0 atom stereocenters. The first kappa shape index (κ1) is 18.7. The predicted molar refractivity (Wildman–Crippen MR) is 106 cm³/mol. The number of aromatic nitrogens is 4. The number of nitro groups is 1. The molecule has 0 aliphatic heterocycles. The second-order valence-electron chi connectivity index (χ2n) is 6.39. The molecule has 2 aromatic heterocycles. The molecule has 0 fully saturated rings. The predicted octanol–water partition coefficient (Wildman–Crippen LogP) is 2.91. The van der Waals surface area contributed by atoms with Gasteiger partial charge in [0, 0.05) is 24.7 Å². The minimum atomic E-state index is -3.75. The Morgan fingerprint density at radius 3 is 2.38 bits per heavy atom. The van der Waals surface area contributed by atoms with Gasteiger partial charge in [-0.25, -0.2) is 23.4 Å². The maximum atomic E-state index is 13.0. The van der Waals surface area contributed by atoms with E-state index < -0.39 is 14.8 Å². The van der Waals surface area contributed by atoms with Crippen LogP contribution in [0.4, 0.5) is 5.69 Å². The third-order valence-corrected chi connectivity index (χ3v) is 6.07. The number of rotatable bonds is 5. The highest BCUT2D eigenvalue weighted by atomic mass is 32.2. The number of fused-ring (bicyclic) bond motifs is 1. The number of imidazole rings is 1. The van der Waals surface area contributed by atoms with E-state index in [1.165, 1.54) is 18.5 Å². The third kappa shape index (κ3) is 3.45. The maximum Gasteiger partial charge on any atom is 0.269 e. The first-order valence-electron chi connectivity index (χ1n) is 8.56. The van der Waals surface area contributed by atoms with Crippen molar-refractivity contribution in [1.82, 2.24) is 19.5 Å². The highest BCUT2D eigenvalue weighted by Crippen LogP contribution is 2.28. The zero-order valence-electron chi connectivity index (χ0n) is 15.3. The fraction of sp³-hybridized carbons (Fsp3) is 0.105. The van der Waals surface area contributed by atoms with Crippen molar-refractivity contribution >= 4 is 26.7 Å². The highest BCUT2D eigenvalue weighted by molar-refractivity contribution is 7.90. The molecule has 0 spiro atoms. The van der Waals surface area contributed by atoms with E-state index in [1.54, 1.807) is 48.0 Å². The molecule has 2 heterocycles. The van der Waals surface area contributed by atoms with E-state index in [0.717, 1.165) is 0 Å². The molecule has 0 radical (unpaired) electrons. The molecule has 0 unspecified atom stereocenters. The Hall–Kier alpha value is -3.66. The molecular formula is C19H15N5O4S. The van der Waals surface area contributed by atoms with Gasteiger partial charge in [0.05, 0.1) is 10.7 Å². The normalized spacial score (nSPS) is 11.6. The van der Waals surface area contributed by atoms with Gasteiger partial charge in [0.15, 0.2) is 10.7 Å². The lowest BCUT2D eigenvalue weighted by molar-refractivity contribution is -0.384. The number of aryl methyl sites for hydroxylation is 1. The van der Waals surface area contributed by atoms with Crippen LogP contribution in [0.3, 0.4) is 0 Å². The largest absolute Gasteiger partial charge is 0.323 e. The molecular weight excluding hydrogens is 394 g/mol. The maximum absolute atomic E-state index is 13.0. The van der Waals surface area contributed by atoms with Crippen molar-refractivity contribution < 1.29 is 13.3 Å². The summed E-state index contributed by atoms with van der Waals surface area (Å²) in [5.41, 5.74) is 1.73. The van der Waals surface area contributed by atoms with Crippen LogP contribution in [-0.4, -0.2) is 32.9 Å². The van der Waals surface area contributed by atoms with E-state index in [9.17, 15) is 18.5 Å². The molecule has 0 N–H and O–H groups in total. The zero-order valence-corrected chi connectivity index (χ0v) is 16.1. The second-order valence-corrected chi connectivity index (χ2v) is 8.30. The summed E-state index contributed by atoms with van der Waals surface area (Å²) in [5.74, 6) is 0.240. The lowest BCUT2D eigenvalue weighted by atomic mass is 10.2. The van der Waals surface area contributed by atoms with Crippen LogP contribution in [-0.2, 0) is 22.6 Å². The lowest BCUT2D eigenvalue weighted by Gasteiger charge is -2.07. The molecule has 2 aromatic carbocycles. The number of nitro benzene ring substituents is 1. The van der Waals surface area contributed by atoms with Crippen molar-refractivity contribution in [2.45, 2.75) is 10.8 Å². The van der Waals surface area contributed by atoms with Crippen LogP contribution in [0.2, 0.25) is 0 Å². The zero-order chi connectivity index (χ0) is 20.6. The summed E-state index contributed by atoms with van der Waals surface area (Å²) < 4.78 is 27.6. The van der Waals surface area contributed by atoms with Crippen LogP contribution in [0.5, 0.6) is 0 Å². The average Bonchev–Trinajstić information content (AvgIpc) is 3.05. The number of benzene rings is 2. The van der Waals surface area contributed by atoms with Gasteiger partial charge in [0.25, 0.3) is 5.69 Å². The Labute approximate surface area is 165 Å². The first-order valence-corrected chi connectivity index (χ1v) is 10.2. The number of non-ortho nitro benzene ring substituents is 1. The van der Waals surface area contributed by atoms with Crippen LogP contribution in [0, 0.1) is 10.1 Å². The van der Waals surface area contributed by atoms with Gasteiger partial charge in [-0.2, -0.15) is 0 Å². The minimum absolute atomic E-state index is 0.0431. The smallest absolute Gasteiger partial charge is 0.269 e. The average molecular weight is 409 g/mol. The third-order valence-electron chi connectivity index (χ3n) is 4.46. The Kier molecular flexibility index (Phi) is 4.55. The summed E-state index contributed by atoms with van der Waals surface area (Å²) in [6, 6.07) is 14.7. The van der Waals surface area contributed by atoms with Crippen molar-refractivity contribution in [3.8, 4) is 11.4 Å². The van der Waals surface area contributed by atoms with Crippen LogP contribution in [0.15, 0.2) is 66.0 Å². The standard InChI is InChI=1S/C19H15N5O4S/c1-23-16-17(22-18(23)14-7-9-15(10-8-14)24(25)26)20-12-21-19(16)29(27,28)11-13-5-3-2-4-6-13/h2-10,12H,11H2,1H3. The van der Waals surface area contributed by atoms with Gasteiger partial charge < -0.3 is 4.57 Å². The molecule has 29 heavy (non-hydrogen) atoms. The van der Waals surface area contributed by atoms with Crippen LogP contribution < -0.4 is 0 Å². The number of sulfone groups is 1. The Bertz CT molecular complexity index is 1320. The van der Waals surface area contributed by atoms with Crippen LogP contribution in [0.1, 0.15) is 5.56 Å². The highest BCUT2D eigenvalue weighted by Gasteiger charge is 2.25. The van der Waals surface area contributed by atoms with E-state index in [2.05, 4.69) is 15.0 Å². The fourth-order valence-electron chi connectivity index (χ4n) is 3.09. The van der Waals surface area contributed by atoms with Gasteiger partial charge in [-0.1, -0.05) is 30.3 Å².